The molecule has 0 saturated heterocycles. The first kappa shape index (κ1) is 14.5. The van der Waals surface area contributed by atoms with Gasteiger partial charge in [0, 0.05) is 17.5 Å². The number of thiazole rings is 1. The third kappa shape index (κ3) is 4.35. The number of amides is 2. The minimum absolute atomic E-state index is 0.143. The summed E-state index contributed by atoms with van der Waals surface area (Å²) < 4.78 is 0. The van der Waals surface area contributed by atoms with Crippen LogP contribution in [0.5, 0.6) is 0 Å². The largest absolute Gasteiger partial charge is 0.338 e. The van der Waals surface area contributed by atoms with Crippen molar-refractivity contribution < 1.29 is 4.79 Å². The van der Waals surface area contributed by atoms with Crippen molar-refractivity contribution >= 4 is 17.4 Å². The quantitative estimate of drug-likeness (QED) is 0.887. The molecule has 0 saturated carbocycles. The molecular weight excluding hydrogens is 270 g/mol. The van der Waals surface area contributed by atoms with Crippen molar-refractivity contribution in [2.24, 2.45) is 5.92 Å². The molecule has 0 bridgehead atoms. The van der Waals surface area contributed by atoms with Gasteiger partial charge in [0.15, 0.2) is 0 Å². The van der Waals surface area contributed by atoms with E-state index in [4.69, 9.17) is 0 Å². The molecule has 0 radical (unpaired) electrons. The normalized spacial score (nSPS) is 10.6. The Balaban J connectivity index is 1.86. The van der Waals surface area contributed by atoms with Gasteiger partial charge in [-0.15, -0.1) is 11.3 Å². The number of hydrogen-bond donors (Lipinski definition) is 2. The minimum atomic E-state index is -0.143. The monoisotopic (exact) mass is 289 g/mol. The SMILES string of the molecule is CC(C)CNC(=O)NCc1nc(-c2ccccc2)cs1. The van der Waals surface area contributed by atoms with Gasteiger partial charge in [0.2, 0.25) is 0 Å². The van der Waals surface area contributed by atoms with Gasteiger partial charge in [-0.25, -0.2) is 9.78 Å². The number of benzene rings is 1. The van der Waals surface area contributed by atoms with Crippen LogP contribution in [0.1, 0.15) is 18.9 Å². The number of carbonyl (C=O) groups is 1. The number of carbonyl (C=O) groups excluding carboxylic acids is 1. The van der Waals surface area contributed by atoms with E-state index in [0.717, 1.165) is 16.3 Å². The highest BCUT2D eigenvalue weighted by Crippen LogP contribution is 2.21. The fourth-order valence-corrected chi connectivity index (χ4v) is 2.39. The molecule has 2 rings (SSSR count). The predicted molar refractivity (Wildman–Crippen MR) is 82.6 cm³/mol. The highest BCUT2D eigenvalue weighted by molar-refractivity contribution is 7.09. The van der Waals surface area contributed by atoms with Crippen LogP contribution in [0.2, 0.25) is 0 Å². The fourth-order valence-electron chi connectivity index (χ4n) is 1.65. The smallest absolute Gasteiger partial charge is 0.315 e. The molecule has 0 aliphatic heterocycles. The number of hydrogen-bond acceptors (Lipinski definition) is 3. The molecule has 2 aromatic rings. The maximum absolute atomic E-state index is 11.6. The van der Waals surface area contributed by atoms with E-state index >= 15 is 0 Å². The Hall–Kier alpha value is -1.88. The Morgan fingerprint density at radius 2 is 2.00 bits per heavy atom. The van der Waals surface area contributed by atoms with E-state index in [1.807, 2.05) is 35.7 Å². The van der Waals surface area contributed by atoms with Crippen molar-refractivity contribution in [1.29, 1.82) is 0 Å². The first-order valence-electron chi connectivity index (χ1n) is 6.66. The van der Waals surface area contributed by atoms with Crippen molar-refractivity contribution in [3.63, 3.8) is 0 Å². The number of rotatable bonds is 5. The molecule has 0 atom stereocenters. The van der Waals surface area contributed by atoms with Gasteiger partial charge in [-0.2, -0.15) is 0 Å². The summed E-state index contributed by atoms with van der Waals surface area (Å²) in [4.78, 5) is 16.1. The van der Waals surface area contributed by atoms with Crippen molar-refractivity contribution in [2.75, 3.05) is 6.54 Å². The first-order valence-corrected chi connectivity index (χ1v) is 7.54. The van der Waals surface area contributed by atoms with Gasteiger partial charge >= 0.3 is 6.03 Å². The van der Waals surface area contributed by atoms with Crippen LogP contribution < -0.4 is 10.6 Å². The van der Waals surface area contributed by atoms with Crippen LogP contribution in [0.25, 0.3) is 11.3 Å². The average Bonchev–Trinajstić information content (AvgIpc) is 2.93. The maximum Gasteiger partial charge on any atom is 0.315 e. The van der Waals surface area contributed by atoms with Crippen molar-refractivity contribution in [3.8, 4) is 11.3 Å². The van der Waals surface area contributed by atoms with Gasteiger partial charge in [-0.3, -0.25) is 0 Å². The molecular formula is C15H19N3OS. The van der Waals surface area contributed by atoms with E-state index in [0.29, 0.717) is 19.0 Å². The van der Waals surface area contributed by atoms with Crippen molar-refractivity contribution in [1.82, 2.24) is 15.6 Å². The third-order valence-corrected chi connectivity index (χ3v) is 3.54. The van der Waals surface area contributed by atoms with E-state index in [-0.39, 0.29) is 6.03 Å². The lowest BCUT2D eigenvalue weighted by molar-refractivity contribution is 0.239. The minimum Gasteiger partial charge on any atom is -0.338 e. The highest BCUT2D eigenvalue weighted by Gasteiger charge is 2.06. The molecule has 1 aromatic heterocycles. The Labute approximate surface area is 123 Å². The number of aromatic nitrogens is 1. The standard InChI is InChI=1S/C15H19N3OS/c1-11(2)8-16-15(19)17-9-14-18-13(10-20-14)12-6-4-3-5-7-12/h3-7,10-11H,8-9H2,1-2H3,(H2,16,17,19). The highest BCUT2D eigenvalue weighted by atomic mass is 32.1. The second-order valence-corrected chi connectivity index (χ2v) is 5.89. The molecule has 5 heteroatoms. The number of nitrogens with one attached hydrogen (secondary N) is 2. The van der Waals surface area contributed by atoms with Crippen LogP contribution in [-0.2, 0) is 6.54 Å². The summed E-state index contributed by atoms with van der Waals surface area (Å²) in [6, 6.07) is 9.88. The summed E-state index contributed by atoms with van der Waals surface area (Å²) in [5.41, 5.74) is 2.05. The number of urea groups is 1. The van der Waals surface area contributed by atoms with Gasteiger partial charge in [-0.05, 0) is 5.92 Å². The topological polar surface area (TPSA) is 54.0 Å². The summed E-state index contributed by atoms with van der Waals surface area (Å²) in [6.07, 6.45) is 0. The van der Waals surface area contributed by atoms with Crippen molar-refractivity contribution in [3.05, 3.63) is 40.7 Å². The molecule has 20 heavy (non-hydrogen) atoms. The molecule has 0 fully saturated rings. The summed E-state index contributed by atoms with van der Waals surface area (Å²) in [6.45, 7) is 5.26. The Morgan fingerprint density at radius 3 is 2.70 bits per heavy atom. The van der Waals surface area contributed by atoms with Crippen LogP contribution in [-0.4, -0.2) is 17.6 Å². The molecule has 2 amide bonds. The molecule has 0 aliphatic rings. The zero-order valence-electron chi connectivity index (χ0n) is 11.7. The summed E-state index contributed by atoms with van der Waals surface area (Å²) >= 11 is 1.56. The predicted octanol–water partition coefficient (Wildman–Crippen LogP) is 3.27. The van der Waals surface area contributed by atoms with Crippen LogP contribution in [0.3, 0.4) is 0 Å². The van der Waals surface area contributed by atoms with Gasteiger partial charge in [-0.1, -0.05) is 44.2 Å². The lowest BCUT2D eigenvalue weighted by Crippen LogP contribution is -2.36. The Bertz CT molecular complexity index is 551. The van der Waals surface area contributed by atoms with Gasteiger partial charge in [0.05, 0.1) is 12.2 Å². The molecule has 2 N–H and O–H groups in total. The second kappa shape index (κ2) is 7.05. The van der Waals surface area contributed by atoms with Gasteiger partial charge < -0.3 is 10.6 Å². The first-order chi connectivity index (χ1) is 9.65. The van der Waals surface area contributed by atoms with Crippen LogP contribution in [0, 0.1) is 5.92 Å². The van der Waals surface area contributed by atoms with Crippen LogP contribution >= 0.6 is 11.3 Å². The molecule has 4 nitrogen and oxygen atoms in total. The van der Waals surface area contributed by atoms with Gasteiger partial charge in [0.1, 0.15) is 5.01 Å². The third-order valence-electron chi connectivity index (χ3n) is 2.69. The van der Waals surface area contributed by atoms with E-state index in [1.165, 1.54) is 0 Å². The van der Waals surface area contributed by atoms with Crippen molar-refractivity contribution in [2.45, 2.75) is 20.4 Å². The second-order valence-electron chi connectivity index (χ2n) is 4.95. The Morgan fingerprint density at radius 1 is 1.25 bits per heavy atom. The van der Waals surface area contributed by atoms with E-state index < -0.39 is 0 Å². The molecule has 0 spiro atoms. The zero-order valence-corrected chi connectivity index (χ0v) is 12.5. The van der Waals surface area contributed by atoms with E-state index in [1.54, 1.807) is 11.3 Å². The van der Waals surface area contributed by atoms with Crippen LogP contribution in [0.15, 0.2) is 35.7 Å². The summed E-state index contributed by atoms with van der Waals surface area (Å²) in [7, 11) is 0. The van der Waals surface area contributed by atoms with Gasteiger partial charge in [0.25, 0.3) is 0 Å². The summed E-state index contributed by atoms with van der Waals surface area (Å²) in [5.74, 6) is 0.449. The lowest BCUT2D eigenvalue weighted by Gasteiger charge is -2.08. The molecule has 1 aromatic carbocycles. The molecule has 1 heterocycles. The lowest BCUT2D eigenvalue weighted by atomic mass is 10.2. The molecule has 0 unspecified atom stereocenters. The fraction of sp³-hybridized carbons (Fsp3) is 0.333. The summed E-state index contributed by atoms with van der Waals surface area (Å²) in [5, 5.41) is 8.55. The zero-order chi connectivity index (χ0) is 14.4. The molecule has 106 valence electrons. The van der Waals surface area contributed by atoms with Crippen LogP contribution in [0.4, 0.5) is 4.79 Å². The molecule has 0 aliphatic carbocycles. The number of nitrogens with zero attached hydrogens (tertiary/aromatic N) is 1. The maximum atomic E-state index is 11.6. The average molecular weight is 289 g/mol. The van der Waals surface area contributed by atoms with E-state index in [2.05, 4.69) is 29.5 Å². The Kier molecular flexibility index (Phi) is 5.12. The van der Waals surface area contributed by atoms with E-state index in [9.17, 15) is 4.79 Å².